The highest BCUT2D eigenvalue weighted by atomic mass is 16.5. The summed E-state index contributed by atoms with van der Waals surface area (Å²) in [6.07, 6.45) is 0. The molecule has 0 saturated carbocycles. The largest absolute Gasteiger partial charge is 0.493 e. The maximum Gasteiger partial charge on any atom is 0.330 e. The average molecular weight is 411 g/mol. The van der Waals surface area contributed by atoms with Crippen LogP contribution in [0.3, 0.4) is 0 Å². The number of rotatable bonds is 8. The second-order valence-corrected chi connectivity index (χ2v) is 6.29. The molecule has 0 aliphatic rings. The van der Waals surface area contributed by atoms with Crippen LogP contribution in [0, 0.1) is 6.92 Å². The molecule has 0 unspecified atom stereocenters. The molecule has 2 aromatic carbocycles. The number of aromatic nitrogens is 4. The predicted molar refractivity (Wildman–Crippen MR) is 107 cm³/mol. The first-order chi connectivity index (χ1) is 14.5. The van der Waals surface area contributed by atoms with Crippen LogP contribution in [0.5, 0.6) is 11.5 Å². The van der Waals surface area contributed by atoms with Crippen LogP contribution >= 0.6 is 0 Å². The molecule has 10 heteroatoms. The van der Waals surface area contributed by atoms with Gasteiger partial charge < -0.3 is 19.5 Å². The Balaban J connectivity index is 1.50. The quantitative estimate of drug-likeness (QED) is 0.558. The van der Waals surface area contributed by atoms with Gasteiger partial charge in [-0.1, -0.05) is 29.8 Å². The summed E-state index contributed by atoms with van der Waals surface area (Å²) in [5, 5.41) is 14.5. The summed E-state index contributed by atoms with van der Waals surface area (Å²) in [6.45, 7) is 1.26. The Labute approximate surface area is 172 Å². The summed E-state index contributed by atoms with van der Waals surface area (Å²) in [6, 6.07) is 12.5. The third kappa shape index (κ3) is 5.31. The lowest BCUT2D eigenvalue weighted by molar-refractivity contribution is -0.148. The molecule has 1 aromatic heterocycles. The first-order valence-electron chi connectivity index (χ1n) is 9.01. The smallest absolute Gasteiger partial charge is 0.330 e. The Morgan fingerprint density at radius 1 is 1.03 bits per heavy atom. The number of hydrogen-bond acceptors (Lipinski definition) is 8. The van der Waals surface area contributed by atoms with E-state index in [1.807, 2.05) is 31.2 Å². The van der Waals surface area contributed by atoms with Crippen LogP contribution in [0.1, 0.15) is 5.56 Å². The van der Waals surface area contributed by atoms with Crippen molar-refractivity contribution in [3.8, 4) is 22.9 Å². The van der Waals surface area contributed by atoms with Gasteiger partial charge in [0.1, 0.15) is 0 Å². The molecular formula is C20H21N5O5. The van der Waals surface area contributed by atoms with E-state index in [1.54, 1.807) is 18.2 Å². The summed E-state index contributed by atoms with van der Waals surface area (Å²) >= 11 is 0. The lowest BCUT2D eigenvalue weighted by Crippen LogP contribution is -2.23. The van der Waals surface area contributed by atoms with Crippen LogP contribution in [-0.4, -0.2) is 52.9 Å². The van der Waals surface area contributed by atoms with Crippen molar-refractivity contribution in [2.75, 3.05) is 26.1 Å². The molecule has 1 amide bonds. The number of tetrazole rings is 1. The van der Waals surface area contributed by atoms with Gasteiger partial charge in [-0.2, -0.15) is 4.80 Å². The minimum absolute atomic E-state index is 0.261. The lowest BCUT2D eigenvalue weighted by atomic mass is 10.1. The summed E-state index contributed by atoms with van der Waals surface area (Å²) in [4.78, 5) is 25.1. The highest BCUT2D eigenvalue weighted by Crippen LogP contribution is 2.29. The Kier molecular flexibility index (Phi) is 6.58. The topological polar surface area (TPSA) is 117 Å². The summed E-state index contributed by atoms with van der Waals surface area (Å²) in [7, 11) is 3.01. The standard InChI is InChI=1S/C20H21N5O5/c1-13-4-6-14(7-5-13)20-22-24-25(23-20)11-19(27)30-12-18(26)21-15-8-9-16(28-2)17(10-15)29-3/h4-10H,11-12H2,1-3H3,(H,21,26). The van der Waals surface area contributed by atoms with Crippen LogP contribution in [0.2, 0.25) is 0 Å². The molecule has 0 spiro atoms. The van der Waals surface area contributed by atoms with Crippen LogP contribution < -0.4 is 14.8 Å². The first-order valence-corrected chi connectivity index (χ1v) is 9.01. The summed E-state index contributed by atoms with van der Waals surface area (Å²) < 4.78 is 15.3. The molecule has 30 heavy (non-hydrogen) atoms. The number of methoxy groups -OCH3 is 2. The zero-order chi connectivity index (χ0) is 21.5. The van der Waals surface area contributed by atoms with E-state index >= 15 is 0 Å². The van der Waals surface area contributed by atoms with Crippen molar-refractivity contribution >= 4 is 17.6 Å². The predicted octanol–water partition coefficient (Wildman–Crippen LogP) is 1.85. The number of aryl methyl sites for hydroxylation is 1. The van der Waals surface area contributed by atoms with Gasteiger partial charge in [0.2, 0.25) is 5.82 Å². The summed E-state index contributed by atoms with van der Waals surface area (Å²) in [5.41, 5.74) is 2.38. The van der Waals surface area contributed by atoms with E-state index in [9.17, 15) is 9.59 Å². The molecule has 0 fully saturated rings. The van der Waals surface area contributed by atoms with Crippen LogP contribution in [0.15, 0.2) is 42.5 Å². The number of hydrogen-bond donors (Lipinski definition) is 1. The minimum atomic E-state index is -0.662. The van der Waals surface area contributed by atoms with Gasteiger partial charge in [-0.15, -0.1) is 10.2 Å². The maximum atomic E-state index is 12.0. The van der Waals surface area contributed by atoms with Gasteiger partial charge in [0, 0.05) is 17.3 Å². The minimum Gasteiger partial charge on any atom is -0.493 e. The fourth-order valence-corrected chi connectivity index (χ4v) is 2.55. The Bertz CT molecular complexity index is 1030. The van der Waals surface area contributed by atoms with Crippen molar-refractivity contribution in [3.05, 3.63) is 48.0 Å². The number of carbonyl (C=O) groups is 2. The van der Waals surface area contributed by atoms with Crippen molar-refractivity contribution in [2.45, 2.75) is 13.5 Å². The monoisotopic (exact) mass is 411 g/mol. The molecule has 3 rings (SSSR count). The normalized spacial score (nSPS) is 10.4. The third-order valence-electron chi connectivity index (χ3n) is 4.06. The number of esters is 1. The van der Waals surface area contributed by atoms with Gasteiger partial charge in [-0.25, -0.2) is 4.79 Å². The second kappa shape index (κ2) is 9.50. The molecule has 156 valence electrons. The van der Waals surface area contributed by atoms with Crippen molar-refractivity contribution in [2.24, 2.45) is 0 Å². The van der Waals surface area contributed by atoms with Gasteiger partial charge in [0.05, 0.1) is 14.2 Å². The van der Waals surface area contributed by atoms with Gasteiger partial charge in [-0.3, -0.25) is 4.79 Å². The Morgan fingerprint density at radius 3 is 2.47 bits per heavy atom. The van der Waals surface area contributed by atoms with Crippen molar-refractivity contribution < 1.29 is 23.8 Å². The highest BCUT2D eigenvalue weighted by molar-refractivity contribution is 5.93. The van der Waals surface area contributed by atoms with Gasteiger partial charge >= 0.3 is 5.97 Å². The van der Waals surface area contributed by atoms with Crippen molar-refractivity contribution in [1.29, 1.82) is 0 Å². The lowest BCUT2D eigenvalue weighted by Gasteiger charge is -2.10. The number of ether oxygens (including phenoxy) is 3. The van der Waals surface area contributed by atoms with Crippen LogP contribution in [0.4, 0.5) is 5.69 Å². The van der Waals surface area contributed by atoms with Crippen LogP contribution in [-0.2, 0) is 20.9 Å². The fraction of sp³-hybridized carbons (Fsp3) is 0.250. The molecule has 0 aliphatic carbocycles. The molecule has 0 radical (unpaired) electrons. The molecule has 10 nitrogen and oxygen atoms in total. The van der Waals surface area contributed by atoms with E-state index in [2.05, 4.69) is 20.7 Å². The van der Waals surface area contributed by atoms with E-state index in [0.29, 0.717) is 23.0 Å². The molecule has 1 N–H and O–H groups in total. The number of benzene rings is 2. The third-order valence-corrected chi connectivity index (χ3v) is 4.06. The second-order valence-electron chi connectivity index (χ2n) is 6.29. The highest BCUT2D eigenvalue weighted by Gasteiger charge is 2.13. The van der Waals surface area contributed by atoms with E-state index in [4.69, 9.17) is 14.2 Å². The van der Waals surface area contributed by atoms with E-state index in [1.165, 1.54) is 14.2 Å². The van der Waals surface area contributed by atoms with Gasteiger partial charge in [0.15, 0.2) is 24.7 Å². The van der Waals surface area contributed by atoms with Crippen LogP contribution in [0.25, 0.3) is 11.4 Å². The molecule has 0 saturated heterocycles. The number of anilines is 1. The van der Waals surface area contributed by atoms with Crippen molar-refractivity contribution in [3.63, 3.8) is 0 Å². The zero-order valence-corrected chi connectivity index (χ0v) is 16.8. The maximum absolute atomic E-state index is 12.0. The number of amides is 1. The van der Waals surface area contributed by atoms with E-state index in [-0.39, 0.29) is 6.54 Å². The molecule has 3 aromatic rings. The van der Waals surface area contributed by atoms with Gasteiger partial charge in [0.25, 0.3) is 5.91 Å². The molecule has 0 atom stereocenters. The molecule has 0 aliphatic heterocycles. The molecular weight excluding hydrogens is 390 g/mol. The van der Waals surface area contributed by atoms with E-state index in [0.717, 1.165) is 15.9 Å². The molecule has 0 bridgehead atoms. The fourth-order valence-electron chi connectivity index (χ4n) is 2.55. The Hall–Kier alpha value is -3.95. The van der Waals surface area contributed by atoms with E-state index < -0.39 is 18.5 Å². The Morgan fingerprint density at radius 2 is 1.77 bits per heavy atom. The number of carbonyl (C=O) groups excluding carboxylic acids is 2. The molecule has 1 heterocycles. The van der Waals surface area contributed by atoms with Crippen molar-refractivity contribution in [1.82, 2.24) is 20.2 Å². The average Bonchev–Trinajstić information content (AvgIpc) is 3.21. The SMILES string of the molecule is COc1ccc(NC(=O)COC(=O)Cn2nnc(-c3ccc(C)cc3)n2)cc1OC. The zero-order valence-electron chi connectivity index (χ0n) is 16.8. The first kappa shape index (κ1) is 20.8. The van der Waals surface area contributed by atoms with Gasteiger partial charge in [-0.05, 0) is 24.3 Å². The number of nitrogens with one attached hydrogen (secondary N) is 1. The number of nitrogens with zero attached hydrogens (tertiary/aromatic N) is 4. The summed E-state index contributed by atoms with van der Waals surface area (Å²) in [5.74, 6) is 0.239.